The van der Waals surface area contributed by atoms with Crippen molar-refractivity contribution in [3.8, 4) is 0 Å². The van der Waals surface area contributed by atoms with Gasteiger partial charge in [0.05, 0.1) is 26.3 Å². The second-order valence-corrected chi connectivity index (χ2v) is 6.92. The van der Waals surface area contributed by atoms with Crippen LogP contribution in [0.25, 0.3) is 0 Å². The van der Waals surface area contributed by atoms with Gasteiger partial charge >= 0.3 is 0 Å². The van der Waals surface area contributed by atoms with E-state index in [1.165, 1.54) is 0 Å². The van der Waals surface area contributed by atoms with E-state index in [1.807, 2.05) is 37.5 Å². The zero-order chi connectivity index (χ0) is 17.8. The van der Waals surface area contributed by atoms with Gasteiger partial charge in [-0.1, -0.05) is 6.07 Å². The van der Waals surface area contributed by atoms with Crippen molar-refractivity contribution in [2.75, 3.05) is 13.2 Å². The molecule has 0 saturated heterocycles. The summed E-state index contributed by atoms with van der Waals surface area (Å²) in [7, 11) is 0. The van der Waals surface area contributed by atoms with E-state index in [0.29, 0.717) is 19.1 Å². The molecule has 0 bridgehead atoms. The van der Waals surface area contributed by atoms with Crippen LogP contribution in [0.15, 0.2) is 53.5 Å². The Morgan fingerprint density at radius 3 is 3.00 bits per heavy atom. The summed E-state index contributed by atoms with van der Waals surface area (Å²) in [6.07, 6.45) is 7.57. The minimum absolute atomic E-state index is 0.401. The highest BCUT2D eigenvalue weighted by Crippen LogP contribution is 2.19. The second-order valence-electron chi connectivity index (χ2n) is 6.92. The van der Waals surface area contributed by atoms with Gasteiger partial charge in [0.25, 0.3) is 0 Å². The summed E-state index contributed by atoms with van der Waals surface area (Å²) in [4.78, 5) is 11.0. The van der Waals surface area contributed by atoms with Gasteiger partial charge in [-0.05, 0) is 30.7 Å². The van der Waals surface area contributed by atoms with E-state index < -0.39 is 0 Å². The van der Waals surface area contributed by atoms with Crippen LogP contribution < -0.4 is 0 Å². The molecule has 3 aromatic rings. The molecule has 0 aromatic carbocycles. The van der Waals surface area contributed by atoms with Gasteiger partial charge in [0.15, 0.2) is 0 Å². The predicted octanol–water partition coefficient (Wildman–Crippen LogP) is 3.03. The van der Waals surface area contributed by atoms with Crippen LogP contribution in [0.1, 0.15) is 22.9 Å². The zero-order valence-electron chi connectivity index (χ0n) is 15.0. The highest BCUT2D eigenvalue weighted by molar-refractivity contribution is 5.07. The Balaban J connectivity index is 1.40. The molecule has 1 aliphatic heterocycles. The van der Waals surface area contributed by atoms with Crippen LogP contribution in [0.3, 0.4) is 0 Å². The lowest BCUT2D eigenvalue weighted by Crippen LogP contribution is -2.30. The summed E-state index contributed by atoms with van der Waals surface area (Å²) in [5, 5.41) is 0. The molecule has 0 amide bonds. The summed E-state index contributed by atoms with van der Waals surface area (Å²) in [6, 6.07) is 8.05. The van der Waals surface area contributed by atoms with E-state index in [0.717, 1.165) is 49.1 Å². The quantitative estimate of drug-likeness (QED) is 0.682. The van der Waals surface area contributed by atoms with Crippen molar-refractivity contribution in [3.05, 3.63) is 72.0 Å². The molecule has 26 heavy (non-hydrogen) atoms. The first-order chi connectivity index (χ1) is 12.8. The molecule has 0 radical (unpaired) electrons. The normalized spacial score (nSPS) is 17.8. The molecule has 0 aliphatic carbocycles. The van der Waals surface area contributed by atoms with E-state index in [2.05, 4.69) is 31.7 Å². The fourth-order valence-electron chi connectivity index (χ4n) is 3.47. The molecule has 6 heteroatoms. The number of ether oxygens (including phenoxy) is 1. The standard InChI is InChI=1S/C20H24N4O2/c1-16-4-5-19(26-16)12-23-10-18(11-24-8-7-22-20(24)13-23)15-25-14-17-3-2-6-21-9-17/h2-9,18H,10-15H2,1H3/t18-/m1/s1. The Morgan fingerprint density at radius 1 is 1.23 bits per heavy atom. The summed E-state index contributed by atoms with van der Waals surface area (Å²) < 4.78 is 14.0. The lowest BCUT2D eigenvalue weighted by molar-refractivity contribution is 0.0652. The van der Waals surface area contributed by atoms with Crippen LogP contribution in [0, 0.1) is 12.8 Å². The van der Waals surface area contributed by atoms with Gasteiger partial charge in [-0.25, -0.2) is 4.98 Å². The predicted molar refractivity (Wildman–Crippen MR) is 97.2 cm³/mol. The van der Waals surface area contributed by atoms with Gasteiger partial charge in [0, 0.05) is 43.8 Å². The van der Waals surface area contributed by atoms with Crippen LogP contribution >= 0.6 is 0 Å². The van der Waals surface area contributed by atoms with Gasteiger partial charge in [-0.3, -0.25) is 9.88 Å². The average Bonchev–Trinajstić information content (AvgIpc) is 3.21. The molecular formula is C20H24N4O2. The second kappa shape index (κ2) is 7.85. The van der Waals surface area contributed by atoms with E-state index in [1.54, 1.807) is 6.20 Å². The van der Waals surface area contributed by atoms with Crippen LogP contribution in [0.4, 0.5) is 0 Å². The van der Waals surface area contributed by atoms with Gasteiger partial charge in [0.1, 0.15) is 17.3 Å². The molecule has 0 N–H and O–H groups in total. The third kappa shape index (κ3) is 4.20. The maximum Gasteiger partial charge on any atom is 0.122 e. The first-order valence-corrected chi connectivity index (χ1v) is 9.00. The van der Waals surface area contributed by atoms with Crippen molar-refractivity contribution < 1.29 is 9.15 Å². The number of aromatic nitrogens is 3. The SMILES string of the molecule is Cc1ccc(CN2Cc3nccn3C[C@H](COCc3cccnc3)C2)o1. The topological polar surface area (TPSA) is 56.3 Å². The number of rotatable bonds is 6. The van der Waals surface area contributed by atoms with Gasteiger partial charge in [-0.15, -0.1) is 0 Å². The number of hydrogen-bond acceptors (Lipinski definition) is 5. The van der Waals surface area contributed by atoms with Crippen molar-refractivity contribution in [2.24, 2.45) is 5.92 Å². The van der Waals surface area contributed by atoms with E-state index in [9.17, 15) is 0 Å². The first-order valence-electron chi connectivity index (χ1n) is 9.00. The summed E-state index contributed by atoms with van der Waals surface area (Å²) in [6.45, 7) is 6.78. The van der Waals surface area contributed by atoms with Gasteiger partial charge in [-0.2, -0.15) is 0 Å². The number of hydrogen-bond donors (Lipinski definition) is 0. The van der Waals surface area contributed by atoms with Crippen molar-refractivity contribution in [3.63, 3.8) is 0 Å². The fraction of sp³-hybridized carbons (Fsp3) is 0.400. The largest absolute Gasteiger partial charge is 0.465 e. The summed E-state index contributed by atoms with van der Waals surface area (Å²) >= 11 is 0. The summed E-state index contributed by atoms with van der Waals surface area (Å²) in [5.74, 6) is 3.45. The molecule has 4 heterocycles. The minimum atomic E-state index is 0.401. The maximum absolute atomic E-state index is 5.99. The number of fused-ring (bicyclic) bond motifs is 1. The molecule has 0 spiro atoms. The number of imidazole rings is 1. The molecule has 3 aromatic heterocycles. The Kier molecular flexibility index (Phi) is 5.13. The molecule has 4 rings (SSSR count). The Morgan fingerprint density at radius 2 is 2.19 bits per heavy atom. The van der Waals surface area contributed by atoms with E-state index in [-0.39, 0.29) is 0 Å². The molecule has 0 saturated carbocycles. The van der Waals surface area contributed by atoms with Crippen molar-refractivity contribution in [2.45, 2.75) is 33.2 Å². The van der Waals surface area contributed by atoms with Crippen LogP contribution in [-0.4, -0.2) is 32.6 Å². The highest BCUT2D eigenvalue weighted by atomic mass is 16.5. The molecular weight excluding hydrogens is 328 g/mol. The molecule has 1 aliphatic rings. The average molecular weight is 352 g/mol. The maximum atomic E-state index is 5.99. The summed E-state index contributed by atoms with van der Waals surface area (Å²) in [5.41, 5.74) is 1.10. The van der Waals surface area contributed by atoms with Crippen molar-refractivity contribution in [1.82, 2.24) is 19.4 Å². The molecule has 1 atom stereocenters. The third-order valence-electron chi connectivity index (χ3n) is 4.66. The zero-order valence-corrected chi connectivity index (χ0v) is 15.0. The fourth-order valence-corrected chi connectivity index (χ4v) is 3.47. The molecule has 136 valence electrons. The first kappa shape index (κ1) is 17.0. The Hall–Kier alpha value is -2.44. The smallest absolute Gasteiger partial charge is 0.122 e. The van der Waals surface area contributed by atoms with Crippen LogP contribution in [-0.2, 0) is 31.0 Å². The van der Waals surface area contributed by atoms with E-state index >= 15 is 0 Å². The number of furan rings is 1. The highest BCUT2D eigenvalue weighted by Gasteiger charge is 2.23. The lowest BCUT2D eigenvalue weighted by atomic mass is 10.1. The van der Waals surface area contributed by atoms with Crippen LogP contribution in [0.2, 0.25) is 0 Å². The van der Waals surface area contributed by atoms with Crippen molar-refractivity contribution in [1.29, 1.82) is 0 Å². The minimum Gasteiger partial charge on any atom is -0.465 e. The lowest BCUT2D eigenvalue weighted by Gasteiger charge is -2.22. The van der Waals surface area contributed by atoms with Gasteiger partial charge < -0.3 is 13.7 Å². The molecule has 0 fully saturated rings. The van der Waals surface area contributed by atoms with Crippen molar-refractivity contribution >= 4 is 0 Å². The molecule has 0 unspecified atom stereocenters. The number of nitrogens with zero attached hydrogens (tertiary/aromatic N) is 4. The monoisotopic (exact) mass is 352 g/mol. The Labute approximate surface area is 153 Å². The van der Waals surface area contributed by atoms with Gasteiger partial charge in [0.2, 0.25) is 0 Å². The Bertz CT molecular complexity index is 827. The van der Waals surface area contributed by atoms with E-state index in [4.69, 9.17) is 9.15 Å². The number of aryl methyl sites for hydroxylation is 1. The molecule has 6 nitrogen and oxygen atoms in total. The van der Waals surface area contributed by atoms with Crippen LogP contribution in [0.5, 0.6) is 0 Å². The third-order valence-corrected chi connectivity index (χ3v) is 4.66. The number of pyridine rings is 1.